The van der Waals surface area contributed by atoms with E-state index in [1.807, 2.05) is 4.31 Å². The predicted octanol–water partition coefficient (Wildman–Crippen LogP) is 5.16. The Morgan fingerprint density at radius 1 is 1.12 bits per heavy atom. The number of anilines is 1. The Labute approximate surface area is 204 Å². The fourth-order valence-electron chi connectivity index (χ4n) is 3.36. The molecule has 0 spiro atoms. The molecule has 0 bridgehead atoms. The van der Waals surface area contributed by atoms with Gasteiger partial charge in [0.25, 0.3) is 0 Å². The molecule has 1 heterocycles. The molecule has 1 aromatic heterocycles. The van der Waals surface area contributed by atoms with Crippen LogP contribution in [0.2, 0.25) is 5.02 Å². The molecule has 0 unspecified atom stereocenters. The number of aromatic hydroxyl groups is 1. The maximum atomic E-state index is 14.4. The largest absolute Gasteiger partial charge is 0.504 e. The van der Waals surface area contributed by atoms with Gasteiger partial charge in [0.1, 0.15) is 11.6 Å². The van der Waals surface area contributed by atoms with Crippen LogP contribution in [-0.2, 0) is 20.0 Å². The van der Waals surface area contributed by atoms with Crippen molar-refractivity contribution in [3.63, 3.8) is 0 Å². The van der Waals surface area contributed by atoms with Gasteiger partial charge in [-0.25, -0.2) is 13.5 Å². The Morgan fingerprint density at radius 3 is 2.53 bits per heavy atom. The van der Waals surface area contributed by atoms with Crippen molar-refractivity contribution in [2.24, 2.45) is 7.05 Å². The van der Waals surface area contributed by atoms with Gasteiger partial charge in [0, 0.05) is 29.0 Å². The molecule has 0 saturated carbocycles. The fraction of sp³-hybridized carbons (Fsp3) is 0.174. The molecule has 0 amide bonds. The van der Waals surface area contributed by atoms with Crippen molar-refractivity contribution in [2.45, 2.75) is 17.9 Å². The quantitative estimate of drug-likeness (QED) is 0.333. The molecule has 7 nitrogen and oxygen atoms in total. The number of aromatic nitrogens is 4. The third-order valence-electron chi connectivity index (χ3n) is 5.10. The summed E-state index contributed by atoms with van der Waals surface area (Å²) in [6.45, 7) is 0.259. The number of halogens is 3. The molecular weight excluding hydrogens is 484 g/mol. The molecule has 4 aromatic rings. The zero-order chi connectivity index (χ0) is 24.2. The van der Waals surface area contributed by atoms with Gasteiger partial charge >= 0.3 is 0 Å². The molecule has 3 aromatic carbocycles. The number of hydrogen-bond acceptors (Lipinski definition) is 7. The third-order valence-corrected chi connectivity index (χ3v) is 6.34. The summed E-state index contributed by atoms with van der Waals surface area (Å²) in [5.41, 5.74) is 1.21. The number of methoxy groups -OCH3 is 1. The molecule has 0 radical (unpaired) electrons. The molecule has 1 N–H and O–H groups in total. The lowest BCUT2D eigenvalue weighted by Gasteiger charge is -2.26. The molecule has 0 atom stereocenters. The average Bonchev–Trinajstić information content (AvgIpc) is 3.20. The van der Waals surface area contributed by atoms with Crippen LogP contribution in [0.3, 0.4) is 0 Å². The van der Waals surface area contributed by atoms with Crippen molar-refractivity contribution in [3.8, 4) is 11.5 Å². The Hall–Kier alpha value is -3.37. The first kappa shape index (κ1) is 23.8. The highest BCUT2D eigenvalue weighted by atomic mass is 35.5. The lowest BCUT2D eigenvalue weighted by Crippen LogP contribution is -2.19. The first-order chi connectivity index (χ1) is 16.4. The molecular formula is C23H20ClF2N5O2S. The van der Waals surface area contributed by atoms with E-state index in [4.69, 9.17) is 16.3 Å². The van der Waals surface area contributed by atoms with Gasteiger partial charge in [-0.1, -0.05) is 17.7 Å². The van der Waals surface area contributed by atoms with Crippen LogP contribution in [0, 0.1) is 11.6 Å². The number of phenols is 1. The number of aryl methyl sites for hydroxylation is 1. The average molecular weight is 504 g/mol. The molecule has 4 rings (SSSR count). The Kier molecular flexibility index (Phi) is 7.18. The van der Waals surface area contributed by atoms with Crippen LogP contribution in [0.15, 0.2) is 59.5 Å². The molecule has 0 fully saturated rings. The summed E-state index contributed by atoms with van der Waals surface area (Å²) < 4.78 is 37.4. The highest BCUT2D eigenvalue weighted by Crippen LogP contribution is 2.38. The van der Waals surface area contributed by atoms with Gasteiger partial charge < -0.3 is 14.1 Å². The summed E-state index contributed by atoms with van der Waals surface area (Å²) in [6.07, 6.45) is -0.0175. The van der Waals surface area contributed by atoms with Crippen molar-refractivity contribution in [3.05, 3.63) is 88.2 Å². The lowest BCUT2D eigenvalue weighted by molar-refractivity contribution is 0.372. The monoisotopic (exact) mass is 503 g/mol. The maximum Gasteiger partial charge on any atom is 0.171 e. The normalized spacial score (nSPS) is 11.0. The molecule has 11 heteroatoms. The van der Waals surface area contributed by atoms with E-state index in [9.17, 15) is 13.9 Å². The summed E-state index contributed by atoms with van der Waals surface area (Å²) in [4.78, 5) is 0.700. The van der Waals surface area contributed by atoms with E-state index in [1.165, 1.54) is 41.9 Å². The van der Waals surface area contributed by atoms with Crippen LogP contribution in [0.4, 0.5) is 14.5 Å². The van der Waals surface area contributed by atoms with Crippen LogP contribution in [-0.4, -0.2) is 32.4 Å². The van der Waals surface area contributed by atoms with Gasteiger partial charge in [-0.3, -0.25) is 0 Å². The molecule has 176 valence electrons. The number of nitrogens with zero attached hydrogens (tertiary/aromatic N) is 5. The second-order valence-corrected chi connectivity index (χ2v) is 8.86. The summed E-state index contributed by atoms with van der Waals surface area (Å²) in [7, 11) is 3.19. The van der Waals surface area contributed by atoms with Gasteiger partial charge in [0.2, 0.25) is 0 Å². The van der Waals surface area contributed by atoms with E-state index < -0.39 is 11.6 Å². The molecule has 0 aliphatic carbocycles. The maximum absolute atomic E-state index is 14.4. The minimum atomic E-state index is -0.636. The lowest BCUT2D eigenvalue weighted by atomic mass is 10.0. The van der Waals surface area contributed by atoms with E-state index in [1.54, 1.807) is 43.4 Å². The number of tetrazole rings is 1. The topological polar surface area (TPSA) is 76.3 Å². The fourth-order valence-corrected chi connectivity index (χ4v) is 4.56. The Morgan fingerprint density at radius 2 is 1.88 bits per heavy atom. The minimum Gasteiger partial charge on any atom is -0.504 e. The number of hydrogen-bond donors (Lipinski definition) is 1. The molecule has 0 saturated heterocycles. The number of rotatable bonds is 8. The summed E-state index contributed by atoms with van der Waals surface area (Å²) in [5, 5.41) is 22.3. The van der Waals surface area contributed by atoms with Gasteiger partial charge in [0.15, 0.2) is 17.3 Å². The zero-order valence-corrected chi connectivity index (χ0v) is 19.8. The Balaban J connectivity index is 1.76. The minimum absolute atomic E-state index is 0.0162. The van der Waals surface area contributed by atoms with Crippen LogP contribution >= 0.6 is 23.5 Å². The van der Waals surface area contributed by atoms with Crippen molar-refractivity contribution in [1.82, 2.24) is 20.2 Å². The van der Waals surface area contributed by atoms with Gasteiger partial charge in [-0.2, -0.15) is 0 Å². The highest BCUT2D eigenvalue weighted by Gasteiger charge is 2.20. The molecule has 0 aliphatic heterocycles. The smallest absolute Gasteiger partial charge is 0.171 e. The van der Waals surface area contributed by atoms with Crippen molar-refractivity contribution in [1.29, 1.82) is 0 Å². The van der Waals surface area contributed by atoms with Crippen LogP contribution < -0.4 is 9.04 Å². The number of phenolic OH excluding ortho intramolecular Hbond substituents is 1. The summed E-state index contributed by atoms with van der Waals surface area (Å²) >= 11 is 7.55. The van der Waals surface area contributed by atoms with E-state index in [0.29, 0.717) is 32.7 Å². The molecule has 0 aliphatic rings. The first-order valence-electron chi connectivity index (χ1n) is 10.1. The van der Waals surface area contributed by atoms with Crippen molar-refractivity contribution in [2.75, 3.05) is 11.4 Å². The third kappa shape index (κ3) is 5.23. The molecule has 34 heavy (non-hydrogen) atoms. The summed E-state index contributed by atoms with van der Waals surface area (Å²) in [6, 6.07) is 13.9. The second kappa shape index (κ2) is 10.3. The van der Waals surface area contributed by atoms with Gasteiger partial charge in [-0.05, 0) is 76.5 Å². The zero-order valence-electron chi connectivity index (χ0n) is 18.2. The second-order valence-electron chi connectivity index (χ2n) is 7.33. The highest BCUT2D eigenvalue weighted by molar-refractivity contribution is 8.00. The van der Waals surface area contributed by atoms with Gasteiger partial charge in [0.05, 0.1) is 19.3 Å². The standard InChI is InChI=1S/C23H20ClF2N5O2S/c1-30-23(27-28-29-30)13-31(34-16-7-9-22(33-2)21(32)12-16)20-8-6-15(24)10-14(20)11-17-18(25)4-3-5-19(17)26/h3-10,12,32H,11,13H2,1-2H3. The van der Waals surface area contributed by atoms with Gasteiger partial charge in [-0.15, -0.1) is 5.10 Å². The summed E-state index contributed by atoms with van der Waals surface area (Å²) in [5.74, 6) is -0.387. The van der Waals surface area contributed by atoms with E-state index in [2.05, 4.69) is 15.5 Å². The predicted molar refractivity (Wildman–Crippen MR) is 126 cm³/mol. The van der Waals surface area contributed by atoms with Crippen LogP contribution in [0.5, 0.6) is 11.5 Å². The van der Waals surface area contributed by atoms with E-state index in [0.717, 1.165) is 0 Å². The van der Waals surface area contributed by atoms with Crippen molar-refractivity contribution >= 4 is 29.2 Å². The Bertz CT molecular complexity index is 1300. The number of benzene rings is 3. The first-order valence-corrected chi connectivity index (χ1v) is 11.3. The SMILES string of the molecule is COc1ccc(SN(Cc2nnnn2C)c2ccc(Cl)cc2Cc2c(F)cccc2F)cc1O. The number of ether oxygens (including phenoxy) is 1. The van der Waals surface area contributed by atoms with Crippen LogP contribution in [0.25, 0.3) is 0 Å². The van der Waals surface area contributed by atoms with Crippen molar-refractivity contribution < 1.29 is 18.6 Å². The van der Waals surface area contributed by atoms with E-state index in [-0.39, 0.29) is 24.3 Å². The van der Waals surface area contributed by atoms with E-state index >= 15 is 0 Å². The van der Waals surface area contributed by atoms with Crippen LogP contribution in [0.1, 0.15) is 17.0 Å².